The SMILES string of the molecule is CC(C)c1cccc(C(C)C)c1-n1c(-c2[c-]c3oc(-c4ccccc4)cc3c3c2oc2cc(C(F)(F)F)ccc23)nc2ccccc21.[Ir].[c-]1ccccc1-c1ccccn1. The maximum absolute atomic E-state index is 13.8. The molecule has 10 aromatic rings. The Bertz CT molecular complexity index is 3030. The van der Waals surface area contributed by atoms with Crippen LogP contribution in [0.3, 0.4) is 0 Å². The molecule has 6 aromatic carbocycles. The van der Waals surface area contributed by atoms with E-state index in [-0.39, 0.29) is 37.5 Å². The van der Waals surface area contributed by atoms with Crippen LogP contribution >= 0.6 is 0 Å². The number of aromatic nitrogens is 3. The first-order chi connectivity index (χ1) is 28.6. The number of furan rings is 2. The molecule has 0 atom stereocenters. The van der Waals surface area contributed by atoms with Crippen molar-refractivity contribution in [1.29, 1.82) is 0 Å². The zero-order chi connectivity index (χ0) is 40.8. The summed E-state index contributed by atoms with van der Waals surface area (Å²) < 4.78 is 56.6. The maximum Gasteiger partial charge on any atom is 0.416 e. The van der Waals surface area contributed by atoms with E-state index < -0.39 is 11.7 Å². The summed E-state index contributed by atoms with van der Waals surface area (Å²) in [7, 11) is 0. The van der Waals surface area contributed by atoms with Crippen LogP contribution in [-0.2, 0) is 26.3 Å². The van der Waals surface area contributed by atoms with Gasteiger partial charge in [0.05, 0.1) is 33.6 Å². The minimum absolute atomic E-state index is 0. The van der Waals surface area contributed by atoms with Crippen LogP contribution in [0.5, 0.6) is 0 Å². The third-order valence-electron chi connectivity index (χ3n) is 10.5. The molecule has 0 unspecified atom stereocenters. The van der Waals surface area contributed by atoms with Gasteiger partial charge >= 0.3 is 6.18 Å². The molecule has 1 radical (unpaired) electrons. The Labute approximate surface area is 358 Å². The zero-order valence-corrected chi connectivity index (χ0v) is 35.5. The molecule has 0 bridgehead atoms. The fraction of sp³-hybridized carbons (Fsp3) is 0.137. The van der Waals surface area contributed by atoms with E-state index in [2.05, 4.69) is 67.6 Å². The molecular formula is C51H38F3IrN3O2-2. The van der Waals surface area contributed by atoms with Gasteiger partial charge in [0.1, 0.15) is 11.3 Å². The molecule has 10 rings (SSSR count). The Hall–Kier alpha value is -6.28. The third kappa shape index (κ3) is 7.44. The summed E-state index contributed by atoms with van der Waals surface area (Å²) >= 11 is 0. The monoisotopic (exact) mass is 974 g/mol. The molecule has 5 nitrogen and oxygen atoms in total. The van der Waals surface area contributed by atoms with Crippen molar-refractivity contribution in [2.24, 2.45) is 0 Å². The fourth-order valence-electron chi connectivity index (χ4n) is 7.72. The number of halogens is 3. The largest absolute Gasteiger partial charge is 0.501 e. The second kappa shape index (κ2) is 16.4. The van der Waals surface area contributed by atoms with Crippen LogP contribution in [0.15, 0.2) is 155 Å². The van der Waals surface area contributed by atoms with Gasteiger partial charge in [-0.3, -0.25) is 4.98 Å². The summed E-state index contributed by atoms with van der Waals surface area (Å²) in [5.41, 5.74) is 8.63. The Kier molecular flexibility index (Phi) is 11.1. The van der Waals surface area contributed by atoms with Gasteiger partial charge in [-0.2, -0.15) is 13.2 Å². The van der Waals surface area contributed by atoms with E-state index in [0.29, 0.717) is 44.5 Å². The van der Waals surface area contributed by atoms with Crippen molar-refractivity contribution in [1.82, 2.24) is 14.5 Å². The van der Waals surface area contributed by atoms with Gasteiger partial charge in [0, 0.05) is 42.9 Å². The average Bonchev–Trinajstić information content (AvgIpc) is 3.97. The second-order valence-electron chi connectivity index (χ2n) is 15.1. The number of para-hydroxylation sites is 3. The van der Waals surface area contributed by atoms with Gasteiger partial charge < -0.3 is 18.4 Å². The molecule has 301 valence electrons. The first-order valence-corrected chi connectivity index (χ1v) is 19.5. The predicted octanol–water partition coefficient (Wildman–Crippen LogP) is 14.6. The number of hydrogen-bond acceptors (Lipinski definition) is 4. The van der Waals surface area contributed by atoms with Gasteiger partial charge in [-0.05, 0) is 75.8 Å². The number of nitrogens with zero attached hydrogens (tertiary/aromatic N) is 3. The smallest absolute Gasteiger partial charge is 0.416 e. The predicted molar refractivity (Wildman–Crippen MR) is 230 cm³/mol. The summed E-state index contributed by atoms with van der Waals surface area (Å²) in [4.78, 5) is 9.38. The number of imidazole rings is 1. The molecule has 0 saturated heterocycles. The van der Waals surface area contributed by atoms with Crippen LogP contribution in [0.2, 0.25) is 0 Å². The summed E-state index contributed by atoms with van der Waals surface area (Å²) in [5, 5.41) is 1.92. The van der Waals surface area contributed by atoms with Crippen molar-refractivity contribution in [2.45, 2.75) is 45.7 Å². The fourth-order valence-corrected chi connectivity index (χ4v) is 7.72. The summed E-state index contributed by atoms with van der Waals surface area (Å²) in [6.07, 6.45) is -2.73. The normalized spacial score (nSPS) is 11.8. The molecule has 0 fully saturated rings. The average molecular weight is 974 g/mol. The molecule has 0 aliphatic carbocycles. The molecule has 4 heterocycles. The van der Waals surface area contributed by atoms with E-state index in [4.69, 9.17) is 13.8 Å². The molecule has 0 aliphatic rings. The van der Waals surface area contributed by atoms with Crippen LogP contribution in [0.4, 0.5) is 13.2 Å². The number of pyridine rings is 1. The van der Waals surface area contributed by atoms with E-state index in [1.807, 2.05) is 103 Å². The zero-order valence-electron chi connectivity index (χ0n) is 33.1. The maximum atomic E-state index is 13.8. The van der Waals surface area contributed by atoms with E-state index >= 15 is 0 Å². The molecule has 0 saturated carbocycles. The minimum Gasteiger partial charge on any atom is -0.501 e. The van der Waals surface area contributed by atoms with Gasteiger partial charge in [0.25, 0.3) is 0 Å². The van der Waals surface area contributed by atoms with Crippen LogP contribution in [0.1, 0.15) is 56.2 Å². The standard InChI is InChI=1S/C40H30F3N2O2.C11H8N.Ir/c1-22(2)26-13-10-14-27(23(3)4)37(26)45-32-16-9-8-15-31(32)44-39(45)30-21-35-29(20-33(46-35)24-11-6-5-7-12-24)36-28-18-17-25(40(41,42)43)19-34(28)47-38(30)36;1-2-6-10(7-3-1)11-8-4-5-9-12-11;/h5-20,22-23H,1-4H3;1-6,8-9H;/q2*-1;. The topological polar surface area (TPSA) is 57.0 Å². The third-order valence-corrected chi connectivity index (χ3v) is 10.5. The molecular weight excluding hydrogens is 936 g/mol. The van der Waals surface area contributed by atoms with Crippen molar-refractivity contribution in [3.63, 3.8) is 0 Å². The molecule has 0 spiro atoms. The first-order valence-electron chi connectivity index (χ1n) is 19.5. The van der Waals surface area contributed by atoms with Crippen molar-refractivity contribution in [3.8, 4) is 39.7 Å². The Morgan fingerprint density at radius 1 is 0.700 bits per heavy atom. The summed E-state index contributed by atoms with van der Waals surface area (Å²) in [6, 6.07) is 49.9. The number of rotatable bonds is 6. The van der Waals surface area contributed by atoms with Crippen molar-refractivity contribution in [2.75, 3.05) is 0 Å². The molecule has 0 aliphatic heterocycles. The quantitative estimate of drug-likeness (QED) is 0.156. The van der Waals surface area contributed by atoms with Gasteiger partial charge in [-0.15, -0.1) is 35.9 Å². The molecule has 0 N–H and O–H groups in total. The summed E-state index contributed by atoms with van der Waals surface area (Å²) in [6.45, 7) is 8.68. The van der Waals surface area contributed by atoms with Crippen molar-refractivity contribution >= 4 is 43.9 Å². The van der Waals surface area contributed by atoms with Crippen LogP contribution in [-0.4, -0.2) is 14.5 Å². The van der Waals surface area contributed by atoms with Crippen LogP contribution in [0.25, 0.3) is 83.6 Å². The van der Waals surface area contributed by atoms with Gasteiger partial charge in [0.2, 0.25) is 0 Å². The van der Waals surface area contributed by atoms with E-state index in [1.165, 1.54) is 6.07 Å². The summed E-state index contributed by atoms with van der Waals surface area (Å²) in [5.74, 6) is 1.60. The van der Waals surface area contributed by atoms with Crippen LogP contribution < -0.4 is 0 Å². The number of alkyl halides is 3. The Morgan fingerprint density at radius 2 is 1.42 bits per heavy atom. The first kappa shape index (κ1) is 40.5. The van der Waals surface area contributed by atoms with Gasteiger partial charge in [-0.25, -0.2) is 0 Å². The Morgan fingerprint density at radius 3 is 2.10 bits per heavy atom. The van der Waals surface area contributed by atoms with Gasteiger partial charge in [0.15, 0.2) is 0 Å². The van der Waals surface area contributed by atoms with Crippen molar-refractivity contribution in [3.05, 3.63) is 175 Å². The van der Waals surface area contributed by atoms with Gasteiger partial charge in [-0.1, -0.05) is 118 Å². The Balaban J connectivity index is 0.000000329. The van der Waals surface area contributed by atoms with E-state index in [0.717, 1.165) is 56.8 Å². The minimum atomic E-state index is -4.52. The number of hydrogen-bond donors (Lipinski definition) is 0. The molecule has 0 amide bonds. The molecule has 4 aromatic heterocycles. The molecule has 9 heteroatoms. The van der Waals surface area contributed by atoms with Crippen LogP contribution in [0, 0.1) is 12.1 Å². The van der Waals surface area contributed by atoms with E-state index in [1.54, 1.807) is 6.20 Å². The molecule has 60 heavy (non-hydrogen) atoms. The van der Waals surface area contributed by atoms with Crippen molar-refractivity contribution < 1.29 is 42.1 Å². The second-order valence-corrected chi connectivity index (χ2v) is 15.1. The number of benzene rings is 6. The number of fused-ring (bicyclic) bond motifs is 6. The van der Waals surface area contributed by atoms with E-state index in [9.17, 15) is 13.2 Å².